The van der Waals surface area contributed by atoms with Crippen molar-refractivity contribution < 1.29 is 14.4 Å². The van der Waals surface area contributed by atoms with Crippen molar-refractivity contribution in [2.24, 2.45) is 7.05 Å². The van der Waals surface area contributed by atoms with Gasteiger partial charge in [0.1, 0.15) is 17.9 Å². The molecule has 0 spiro atoms. The molecule has 29 heavy (non-hydrogen) atoms. The van der Waals surface area contributed by atoms with Crippen LogP contribution in [0.2, 0.25) is 0 Å². The lowest BCUT2D eigenvalue weighted by Gasteiger charge is -2.25. The first kappa shape index (κ1) is 20.6. The molecule has 0 bridgehead atoms. The minimum Gasteiger partial charge on any atom is -0.319 e. The van der Waals surface area contributed by atoms with Crippen LogP contribution in [0.15, 0.2) is 36.4 Å². The highest BCUT2D eigenvalue weighted by molar-refractivity contribution is 6.10. The van der Waals surface area contributed by atoms with Gasteiger partial charge in [0.2, 0.25) is 5.91 Å². The summed E-state index contributed by atoms with van der Waals surface area (Å²) in [5, 5.41) is 9.94. The SMILES string of the molecule is CC[C@]1(c2ccccc2)NC(=O)N(CC(=O)Nc2cc(C(C)(C)C)nn2C)C1=O. The van der Waals surface area contributed by atoms with E-state index in [9.17, 15) is 14.4 Å². The molecule has 1 saturated heterocycles. The van der Waals surface area contributed by atoms with Gasteiger partial charge in [-0.1, -0.05) is 58.0 Å². The number of anilines is 1. The van der Waals surface area contributed by atoms with Crippen LogP contribution >= 0.6 is 0 Å². The molecule has 0 aliphatic carbocycles. The monoisotopic (exact) mass is 397 g/mol. The Labute approximate surface area is 170 Å². The molecule has 1 aromatic carbocycles. The molecule has 3 rings (SSSR count). The Balaban J connectivity index is 1.77. The van der Waals surface area contributed by atoms with E-state index in [1.54, 1.807) is 29.9 Å². The normalized spacial score (nSPS) is 19.4. The van der Waals surface area contributed by atoms with Crippen LogP contribution in [0, 0.1) is 0 Å². The molecule has 2 aromatic rings. The molecular weight excluding hydrogens is 370 g/mol. The van der Waals surface area contributed by atoms with Gasteiger partial charge in [0, 0.05) is 18.5 Å². The van der Waals surface area contributed by atoms with E-state index >= 15 is 0 Å². The average molecular weight is 397 g/mol. The van der Waals surface area contributed by atoms with E-state index in [1.807, 2.05) is 45.9 Å². The van der Waals surface area contributed by atoms with Gasteiger partial charge >= 0.3 is 6.03 Å². The van der Waals surface area contributed by atoms with E-state index in [1.165, 1.54) is 0 Å². The molecule has 0 radical (unpaired) electrons. The number of hydrogen-bond donors (Lipinski definition) is 2. The molecular formula is C21H27N5O3. The number of aromatic nitrogens is 2. The van der Waals surface area contributed by atoms with E-state index in [4.69, 9.17) is 0 Å². The van der Waals surface area contributed by atoms with Crippen LogP contribution in [0.4, 0.5) is 10.6 Å². The lowest BCUT2D eigenvalue weighted by atomic mass is 9.87. The van der Waals surface area contributed by atoms with Gasteiger partial charge in [-0.05, 0) is 12.0 Å². The Morgan fingerprint density at radius 1 is 1.21 bits per heavy atom. The summed E-state index contributed by atoms with van der Waals surface area (Å²) in [6.07, 6.45) is 0.385. The molecule has 1 aliphatic heterocycles. The molecule has 1 aromatic heterocycles. The number of carbonyl (C=O) groups is 3. The molecule has 0 unspecified atom stereocenters. The zero-order valence-corrected chi connectivity index (χ0v) is 17.4. The summed E-state index contributed by atoms with van der Waals surface area (Å²) in [6, 6.07) is 10.3. The highest BCUT2D eigenvalue weighted by atomic mass is 16.2. The van der Waals surface area contributed by atoms with Gasteiger partial charge in [0.05, 0.1) is 5.69 Å². The number of hydrogen-bond acceptors (Lipinski definition) is 4. The summed E-state index contributed by atoms with van der Waals surface area (Å²) in [6.45, 7) is 7.56. The fourth-order valence-electron chi connectivity index (χ4n) is 3.41. The molecule has 2 N–H and O–H groups in total. The Morgan fingerprint density at radius 2 is 1.86 bits per heavy atom. The summed E-state index contributed by atoms with van der Waals surface area (Å²) < 4.78 is 1.57. The third-order valence-electron chi connectivity index (χ3n) is 5.19. The van der Waals surface area contributed by atoms with Gasteiger partial charge in [-0.3, -0.25) is 19.2 Å². The van der Waals surface area contributed by atoms with E-state index in [0.29, 0.717) is 17.8 Å². The van der Waals surface area contributed by atoms with Crippen LogP contribution in [0.3, 0.4) is 0 Å². The van der Waals surface area contributed by atoms with Crippen molar-refractivity contribution >= 4 is 23.7 Å². The number of amides is 4. The third kappa shape index (κ3) is 3.74. The Morgan fingerprint density at radius 3 is 2.41 bits per heavy atom. The highest BCUT2D eigenvalue weighted by Gasteiger charge is 2.51. The minimum atomic E-state index is -1.15. The molecule has 0 saturated carbocycles. The fourth-order valence-corrected chi connectivity index (χ4v) is 3.41. The number of rotatable bonds is 5. The second-order valence-electron chi connectivity index (χ2n) is 8.28. The van der Waals surface area contributed by atoms with Crippen LogP contribution in [-0.2, 0) is 27.6 Å². The van der Waals surface area contributed by atoms with Crippen LogP contribution in [0.5, 0.6) is 0 Å². The number of imide groups is 1. The van der Waals surface area contributed by atoms with E-state index < -0.39 is 23.4 Å². The van der Waals surface area contributed by atoms with Gasteiger partial charge in [-0.2, -0.15) is 5.10 Å². The largest absolute Gasteiger partial charge is 0.325 e. The van der Waals surface area contributed by atoms with Crippen molar-refractivity contribution in [2.75, 3.05) is 11.9 Å². The number of aryl methyl sites for hydroxylation is 1. The van der Waals surface area contributed by atoms with Gasteiger partial charge in [-0.15, -0.1) is 0 Å². The van der Waals surface area contributed by atoms with E-state index in [0.717, 1.165) is 10.6 Å². The number of urea groups is 1. The molecule has 4 amide bonds. The summed E-state index contributed by atoms with van der Waals surface area (Å²) in [5.41, 5.74) is 0.219. The van der Waals surface area contributed by atoms with Crippen molar-refractivity contribution in [3.05, 3.63) is 47.7 Å². The molecule has 154 valence electrons. The second kappa shape index (κ2) is 7.35. The molecule has 1 aliphatic rings. The Kier molecular flexibility index (Phi) is 5.21. The van der Waals surface area contributed by atoms with Crippen molar-refractivity contribution in [2.45, 2.75) is 45.1 Å². The average Bonchev–Trinajstić information content (AvgIpc) is 3.15. The maximum atomic E-state index is 13.1. The minimum absolute atomic E-state index is 0.165. The van der Waals surface area contributed by atoms with E-state index in [-0.39, 0.29) is 12.0 Å². The van der Waals surface area contributed by atoms with Gasteiger partial charge < -0.3 is 10.6 Å². The summed E-state index contributed by atoms with van der Waals surface area (Å²) >= 11 is 0. The molecule has 8 heteroatoms. The zero-order valence-electron chi connectivity index (χ0n) is 17.4. The van der Waals surface area contributed by atoms with Gasteiger partial charge in [0.25, 0.3) is 5.91 Å². The molecule has 1 atom stereocenters. The first-order valence-corrected chi connectivity index (χ1v) is 9.62. The standard InChI is InChI=1S/C21H27N5O3/c1-6-21(14-10-8-7-9-11-14)18(28)26(19(29)23-21)13-17(27)22-16-12-15(20(2,3)4)24-25(16)5/h7-12H,6,13H2,1-5H3,(H,22,27)(H,23,29)/t21-/m1/s1. The number of carbonyl (C=O) groups excluding carboxylic acids is 3. The Bertz CT molecular complexity index is 945. The smallest absolute Gasteiger partial charge is 0.319 e. The van der Waals surface area contributed by atoms with Crippen LogP contribution < -0.4 is 10.6 Å². The maximum Gasteiger partial charge on any atom is 0.325 e. The van der Waals surface area contributed by atoms with Crippen molar-refractivity contribution in [1.29, 1.82) is 0 Å². The first-order valence-electron chi connectivity index (χ1n) is 9.62. The number of nitrogens with zero attached hydrogens (tertiary/aromatic N) is 3. The van der Waals surface area contributed by atoms with Crippen molar-refractivity contribution in [3.8, 4) is 0 Å². The number of nitrogens with one attached hydrogen (secondary N) is 2. The second-order valence-corrected chi connectivity index (χ2v) is 8.28. The fraction of sp³-hybridized carbons (Fsp3) is 0.429. The van der Waals surface area contributed by atoms with Crippen LogP contribution in [0.25, 0.3) is 0 Å². The summed E-state index contributed by atoms with van der Waals surface area (Å²) in [5.74, 6) is -0.375. The quantitative estimate of drug-likeness (QED) is 0.758. The predicted molar refractivity (Wildman–Crippen MR) is 109 cm³/mol. The lowest BCUT2D eigenvalue weighted by Crippen LogP contribution is -2.44. The molecule has 1 fully saturated rings. The summed E-state index contributed by atoms with van der Waals surface area (Å²) in [4.78, 5) is 39.2. The zero-order chi connectivity index (χ0) is 21.4. The molecule has 2 heterocycles. The lowest BCUT2D eigenvalue weighted by molar-refractivity contribution is -0.134. The van der Waals surface area contributed by atoms with Crippen LogP contribution in [-0.4, -0.2) is 39.1 Å². The van der Waals surface area contributed by atoms with Gasteiger partial charge in [0.15, 0.2) is 0 Å². The van der Waals surface area contributed by atoms with E-state index in [2.05, 4.69) is 15.7 Å². The predicted octanol–water partition coefficient (Wildman–Crippen LogP) is 2.51. The maximum absolute atomic E-state index is 13.1. The van der Waals surface area contributed by atoms with Crippen LogP contribution in [0.1, 0.15) is 45.4 Å². The van der Waals surface area contributed by atoms with Crippen molar-refractivity contribution in [1.82, 2.24) is 20.0 Å². The Hall–Kier alpha value is -3.16. The van der Waals surface area contributed by atoms with Crippen molar-refractivity contribution in [3.63, 3.8) is 0 Å². The third-order valence-corrected chi connectivity index (χ3v) is 5.19. The first-order chi connectivity index (χ1) is 13.6. The highest BCUT2D eigenvalue weighted by Crippen LogP contribution is 2.32. The number of benzene rings is 1. The van der Waals surface area contributed by atoms with Gasteiger partial charge in [-0.25, -0.2) is 4.79 Å². The summed E-state index contributed by atoms with van der Waals surface area (Å²) in [7, 11) is 1.73. The molecule has 8 nitrogen and oxygen atoms in total. The topological polar surface area (TPSA) is 96.3 Å².